The van der Waals surface area contributed by atoms with Gasteiger partial charge in [-0.25, -0.2) is 0 Å². The van der Waals surface area contributed by atoms with Crippen LogP contribution in [-0.2, 0) is 10.2 Å². The second kappa shape index (κ2) is 7.94. The largest absolute Gasteiger partial charge is 0.289 e. The van der Waals surface area contributed by atoms with Gasteiger partial charge in [-0.05, 0) is 68.7 Å². The summed E-state index contributed by atoms with van der Waals surface area (Å²) in [5, 5.41) is 10.2. The summed E-state index contributed by atoms with van der Waals surface area (Å²) in [5.41, 5.74) is 1.66. The molecule has 4 heteroatoms. The minimum absolute atomic E-state index is 0.0592. The molecule has 4 rings (SSSR count). The lowest BCUT2D eigenvalue weighted by atomic mass is 9.66. The summed E-state index contributed by atoms with van der Waals surface area (Å²) in [6.45, 7) is 4.12. The van der Waals surface area contributed by atoms with Crippen molar-refractivity contribution in [2.75, 3.05) is 0 Å². The monoisotopic (exact) mass is 415 g/mol. The Morgan fingerprint density at radius 1 is 0.862 bits per heavy atom. The Kier molecular flexibility index (Phi) is 5.36. The van der Waals surface area contributed by atoms with Gasteiger partial charge in [0.05, 0.1) is 11.5 Å². The number of thiophene rings is 2. The van der Waals surface area contributed by atoms with Gasteiger partial charge in [0.15, 0.2) is 5.78 Å². The zero-order valence-corrected chi connectivity index (χ0v) is 18.1. The van der Waals surface area contributed by atoms with Crippen LogP contribution in [-0.4, -0.2) is 5.78 Å². The zero-order chi connectivity index (χ0) is 20.4. The number of allylic oxidation sites excluding steroid dienone is 2. The van der Waals surface area contributed by atoms with E-state index in [2.05, 4.69) is 32.0 Å². The Morgan fingerprint density at radius 3 is 1.79 bits per heavy atom. The number of carbonyl (C=O) groups is 1. The van der Waals surface area contributed by atoms with Crippen LogP contribution in [0.3, 0.4) is 0 Å². The molecule has 0 atom stereocenters. The van der Waals surface area contributed by atoms with Crippen LogP contribution in [0.25, 0.3) is 12.2 Å². The van der Waals surface area contributed by atoms with Crippen molar-refractivity contribution >= 4 is 40.6 Å². The molecule has 1 fully saturated rings. The molecule has 0 saturated heterocycles. The molecule has 0 bridgehead atoms. The van der Waals surface area contributed by atoms with Gasteiger partial charge in [-0.1, -0.05) is 30.3 Å². The molecule has 0 N–H and O–H groups in total. The number of rotatable bonds is 3. The second-order valence-corrected chi connectivity index (χ2v) is 10.1. The van der Waals surface area contributed by atoms with Crippen LogP contribution >= 0.6 is 22.7 Å². The van der Waals surface area contributed by atoms with Crippen molar-refractivity contribution in [3.05, 3.63) is 90.8 Å². The quantitative estimate of drug-likeness (QED) is 0.446. The predicted octanol–water partition coefficient (Wildman–Crippen LogP) is 6.72. The average molecular weight is 416 g/mol. The van der Waals surface area contributed by atoms with E-state index >= 15 is 0 Å². The molecule has 0 unspecified atom stereocenters. The highest BCUT2D eigenvalue weighted by atomic mass is 32.1. The Bertz CT molecular complexity index is 1090. The molecular weight excluding hydrogens is 394 g/mol. The van der Waals surface area contributed by atoms with E-state index in [4.69, 9.17) is 0 Å². The number of hydrogen-bond acceptors (Lipinski definition) is 4. The van der Waals surface area contributed by atoms with Gasteiger partial charge in [0.25, 0.3) is 0 Å². The maximum absolute atomic E-state index is 13.3. The molecule has 2 heterocycles. The fourth-order valence-electron chi connectivity index (χ4n) is 3.82. The summed E-state index contributed by atoms with van der Waals surface area (Å²) in [6, 6.07) is 20.6. The van der Waals surface area contributed by atoms with Crippen molar-refractivity contribution < 1.29 is 4.79 Å². The normalized spacial score (nSPS) is 22.2. The van der Waals surface area contributed by atoms with Gasteiger partial charge in [-0.15, -0.1) is 22.7 Å². The molecule has 29 heavy (non-hydrogen) atoms. The van der Waals surface area contributed by atoms with E-state index in [1.807, 2.05) is 54.6 Å². The number of Topliss-reactive ketones (excluding diaryl/α,β-unsaturated/α-hetero) is 1. The van der Waals surface area contributed by atoms with E-state index < -0.39 is 5.41 Å². The van der Waals surface area contributed by atoms with E-state index in [-0.39, 0.29) is 5.78 Å². The molecule has 1 aromatic carbocycles. The number of ketones is 1. The molecule has 0 radical (unpaired) electrons. The van der Waals surface area contributed by atoms with E-state index in [9.17, 15) is 10.1 Å². The second-order valence-electron chi connectivity index (χ2n) is 7.48. The number of benzene rings is 1. The first-order valence-electron chi connectivity index (χ1n) is 9.55. The number of hydrogen-bond donors (Lipinski definition) is 0. The highest BCUT2D eigenvalue weighted by molar-refractivity contribution is 7.13. The molecular formula is C25H21NOS2. The van der Waals surface area contributed by atoms with Crippen molar-refractivity contribution in [2.45, 2.75) is 32.1 Å². The summed E-state index contributed by atoms with van der Waals surface area (Å²) in [5.74, 6) is 0.0592. The van der Waals surface area contributed by atoms with Crippen LogP contribution in [0.1, 0.15) is 37.9 Å². The van der Waals surface area contributed by atoms with Gasteiger partial charge in [-0.2, -0.15) is 5.26 Å². The zero-order valence-electron chi connectivity index (χ0n) is 16.4. The fraction of sp³-hybridized carbons (Fsp3) is 0.200. The van der Waals surface area contributed by atoms with Gasteiger partial charge < -0.3 is 0 Å². The van der Waals surface area contributed by atoms with E-state index in [0.717, 1.165) is 15.3 Å². The maximum Gasteiger partial charge on any atom is 0.185 e. The first kappa shape index (κ1) is 19.6. The van der Waals surface area contributed by atoms with Gasteiger partial charge >= 0.3 is 0 Å². The average Bonchev–Trinajstić information content (AvgIpc) is 3.33. The minimum Gasteiger partial charge on any atom is -0.289 e. The number of carbonyl (C=O) groups excluding carboxylic acids is 1. The van der Waals surface area contributed by atoms with Crippen LogP contribution in [0.15, 0.2) is 65.7 Å². The van der Waals surface area contributed by atoms with Crippen LogP contribution < -0.4 is 0 Å². The lowest BCUT2D eigenvalue weighted by Crippen LogP contribution is -2.33. The molecule has 2 nitrogen and oxygen atoms in total. The fourth-order valence-corrected chi connectivity index (χ4v) is 5.51. The van der Waals surface area contributed by atoms with Crippen molar-refractivity contribution in [3.8, 4) is 6.07 Å². The van der Waals surface area contributed by atoms with Gasteiger partial charge in [0, 0.05) is 30.7 Å². The molecule has 0 aliphatic heterocycles. The Morgan fingerprint density at radius 2 is 1.38 bits per heavy atom. The third-order valence-corrected chi connectivity index (χ3v) is 7.16. The molecule has 1 aliphatic rings. The molecule has 0 amide bonds. The third kappa shape index (κ3) is 4.03. The number of aryl methyl sites for hydroxylation is 2. The topological polar surface area (TPSA) is 40.9 Å². The summed E-state index contributed by atoms with van der Waals surface area (Å²) in [7, 11) is 0. The summed E-state index contributed by atoms with van der Waals surface area (Å²) >= 11 is 3.33. The lowest BCUT2D eigenvalue weighted by Gasteiger charge is -2.33. The smallest absolute Gasteiger partial charge is 0.185 e. The summed E-state index contributed by atoms with van der Waals surface area (Å²) in [6.07, 6.45) is 4.82. The van der Waals surface area contributed by atoms with Gasteiger partial charge in [0.2, 0.25) is 0 Å². The van der Waals surface area contributed by atoms with Crippen LogP contribution in [0.2, 0.25) is 0 Å². The third-order valence-electron chi connectivity index (χ3n) is 5.26. The molecule has 1 saturated carbocycles. The Hall–Kier alpha value is -2.74. The van der Waals surface area contributed by atoms with E-state index in [1.54, 1.807) is 22.7 Å². The SMILES string of the molecule is Cc1ccc(/C=C2\CC(C#N)(c3ccccc3)C/C(=C\c3ccc(C)s3)C2=O)s1. The van der Waals surface area contributed by atoms with E-state index in [0.29, 0.717) is 24.0 Å². The minimum atomic E-state index is -0.731. The number of nitrogens with zero attached hydrogens (tertiary/aromatic N) is 1. The van der Waals surface area contributed by atoms with Gasteiger partial charge in [0.1, 0.15) is 0 Å². The summed E-state index contributed by atoms with van der Waals surface area (Å²) in [4.78, 5) is 17.9. The van der Waals surface area contributed by atoms with Crippen molar-refractivity contribution in [1.82, 2.24) is 0 Å². The van der Waals surface area contributed by atoms with Crippen LogP contribution in [0.5, 0.6) is 0 Å². The Labute approximate surface area is 179 Å². The highest BCUT2D eigenvalue weighted by Gasteiger charge is 2.41. The first-order chi connectivity index (χ1) is 14.0. The van der Waals surface area contributed by atoms with Crippen LogP contribution in [0, 0.1) is 25.2 Å². The first-order valence-corrected chi connectivity index (χ1v) is 11.2. The van der Waals surface area contributed by atoms with Crippen molar-refractivity contribution in [2.24, 2.45) is 0 Å². The number of nitriles is 1. The Balaban J connectivity index is 1.84. The standard InChI is InChI=1S/C25H21NOS2/c1-17-8-10-22(28-17)12-19-14-25(16-26,21-6-4-3-5-7-21)15-20(24(19)27)13-23-11-9-18(2)29-23/h3-13H,14-15H2,1-2H3/b19-12+,20-13+. The lowest BCUT2D eigenvalue weighted by molar-refractivity contribution is -0.113. The molecule has 3 aromatic rings. The van der Waals surface area contributed by atoms with Crippen LogP contribution in [0.4, 0.5) is 0 Å². The molecule has 2 aromatic heterocycles. The van der Waals surface area contributed by atoms with Crippen molar-refractivity contribution in [1.29, 1.82) is 5.26 Å². The molecule has 1 aliphatic carbocycles. The van der Waals surface area contributed by atoms with E-state index in [1.165, 1.54) is 9.75 Å². The summed E-state index contributed by atoms with van der Waals surface area (Å²) < 4.78 is 0. The van der Waals surface area contributed by atoms with Gasteiger partial charge in [-0.3, -0.25) is 4.79 Å². The molecule has 144 valence electrons. The highest BCUT2D eigenvalue weighted by Crippen LogP contribution is 2.44. The van der Waals surface area contributed by atoms with Crippen molar-refractivity contribution in [3.63, 3.8) is 0 Å². The maximum atomic E-state index is 13.3. The molecule has 0 spiro atoms. The predicted molar refractivity (Wildman–Crippen MR) is 122 cm³/mol.